The Hall–Kier alpha value is -2.76. The fourth-order valence-corrected chi connectivity index (χ4v) is 3.06. The maximum Gasteiger partial charge on any atom is 0.287 e. The van der Waals surface area contributed by atoms with Crippen LogP contribution >= 0.6 is 0 Å². The van der Waals surface area contributed by atoms with Gasteiger partial charge in [0, 0.05) is 44.5 Å². The molecule has 1 aliphatic heterocycles. The Labute approximate surface area is 147 Å². The fourth-order valence-electron chi connectivity index (χ4n) is 3.06. The quantitative estimate of drug-likeness (QED) is 0.877. The van der Waals surface area contributed by atoms with Crippen molar-refractivity contribution in [3.05, 3.63) is 48.4 Å². The highest BCUT2D eigenvalue weighted by Crippen LogP contribution is 2.23. The SMILES string of the molecule is CC(=O)N(CCNC(=O)c1ccco1)c1ccc(N2CCCC2)cc1. The largest absolute Gasteiger partial charge is 0.459 e. The van der Waals surface area contributed by atoms with Crippen molar-refractivity contribution >= 4 is 23.2 Å². The molecular weight excluding hydrogens is 318 g/mol. The molecule has 1 N–H and O–H groups in total. The van der Waals surface area contributed by atoms with E-state index in [0.717, 1.165) is 18.8 Å². The van der Waals surface area contributed by atoms with Crippen molar-refractivity contribution in [2.75, 3.05) is 36.0 Å². The average molecular weight is 341 g/mol. The first kappa shape index (κ1) is 17.1. The van der Waals surface area contributed by atoms with E-state index in [1.807, 2.05) is 12.1 Å². The predicted molar refractivity (Wildman–Crippen MR) is 97.0 cm³/mol. The first-order chi connectivity index (χ1) is 12.1. The lowest BCUT2D eigenvalue weighted by atomic mass is 10.2. The number of carbonyl (C=O) groups excluding carboxylic acids is 2. The molecule has 25 heavy (non-hydrogen) atoms. The van der Waals surface area contributed by atoms with Crippen LogP contribution in [0.2, 0.25) is 0 Å². The van der Waals surface area contributed by atoms with Crippen LogP contribution in [0.15, 0.2) is 47.1 Å². The third-order valence-corrected chi connectivity index (χ3v) is 4.38. The summed E-state index contributed by atoms with van der Waals surface area (Å²) in [7, 11) is 0. The van der Waals surface area contributed by atoms with Crippen molar-refractivity contribution in [3.8, 4) is 0 Å². The summed E-state index contributed by atoms with van der Waals surface area (Å²) in [6.45, 7) is 4.48. The van der Waals surface area contributed by atoms with E-state index in [2.05, 4.69) is 22.3 Å². The number of anilines is 2. The molecule has 2 amide bonds. The monoisotopic (exact) mass is 341 g/mol. The zero-order chi connectivity index (χ0) is 17.6. The third-order valence-electron chi connectivity index (χ3n) is 4.38. The summed E-state index contributed by atoms with van der Waals surface area (Å²) in [6.07, 6.45) is 3.92. The van der Waals surface area contributed by atoms with Gasteiger partial charge in [0.2, 0.25) is 5.91 Å². The molecule has 0 radical (unpaired) electrons. The molecule has 132 valence electrons. The molecule has 1 aromatic carbocycles. The standard InChI is InChI=1S/C19H23N3O3/c1-15(23)22(13-10-20-19(24)18-5-4-14-25-18)17-8-6-16(7-9-17)21-11-2-3-12-21/h4-9,14H,2-3,10-13H2,1H3,(H,20,24). The summed E-state index contributed by atoms with van der Waals surface area (Å²) in [5.41, 5.74) is 2.03. The Morgan fingerprint density at radius 1 is 1.16 bits per heavy atom. The second-order valence-corrected chi connectivity index (χ2v) is 6.11. The van der Waals surface area contributed by atoms with E-state index < -0.39 is 0 Å². The van der Waals surface area contributed by atoms with E-state index in [-0.39, 0.29) is 17.6 Å². The van der Waals surface area contributed by atoms with Crippen molar-refractivity contribution in [2.24, 2.45) is 0 Å². The molecule has 0 unspecified atom stereocenters. The molecule has 1 saturated heterocycles. The van der Waals surface area contributed by atoms with Crippen LogP contribution in [0.4, 0.5) is 11.4 Å². The minimum atomic E-state index is -0.280. The molecule has 6 nitrogen and oxygen atoms in total. The molecule has 2 heterocycles. The van der Waals surface area contributed by atoms with Gasteiger partial charge in [-0.25, -0.2) is 0 Å². The summed E-state index contributed by atoms with van der Waals surface area (Å²) in [5.74, 6) is -0.0663. The topological polar surface area (TPSA) is 65.8 Å². The third kappa shape index (κ3) is 4.21. The molecule has 0 bridgehead atoms. The number of hydrogen-bond donors (Lipinski definition) is 1. The second-order valence-electron chi connectivity index (χ2n) is 6.11. The van der Waals surface area contributed by atoms with Gasteiger partial charge in [-0.05, 0) is 49.2 Å². The minimum absolute atomic E-state index is 0.0545. The summed E-state index contributed by atoms with van der Waals surface area (Å²) in [4.78, 5) is 27.9. The summed E-state index contributed by atoms with van der Waals surface area (Å²) in [6, 6.07) is 11.3. The molecule has 3 rings (SSSR count). The first-order valence-corrected chi connectivity index (χ1v) is 8.60. The number of nitrogens with zero attached hydrogens (tertiary/aromatic N) is 2. The highest BCUT2D eigenvalue weighted by molar-refractivity contribution is 5.93. The first-order valence-electron chi connectivity index (χ1n) is 8.60. The number of rotatable bonds is 6. The number of benzene rings is 1. The van der Waals surface area contributed by atoms with Crippen LogP contribution in [0, 0.1) is 0 Å². The number of amides is 2. The van der Waals surface area contributed by atoms with Crippen LogP contribution in [0.5, 0.6) is 0 Å². The molecule has 6 heteroatoms. The van der Waals surface area contributed by atoms with Crippen molar-refractivity contribution in [2.45, 2.75) is 19.8 Å². The summed E-state index contributed by atoms with van der Waals surface area (Å²) in [5, 5.41) is 2.76. The van der Waals surface area contributed by atoms with Crippen LogP contribution in [0.1, 0.15) is 30.3 Å². The lowest BCUT2D eigenvalue weighted by Gasteiger charge is -2.23. The van der Waals surface area contributed by atoms with E-state index in [1.165, 1.54) is 31.7 Å². The van der Waals surface area contributed by atoms with E-state index >= 15 is 0 Å². The van der Waals surface area contributed by atoms with Gasteiger partial charge in [0.25, 0.3) is 5.91 Å². The molecule has 1 fully saturated rings. The molecule has 0 saturated carbocycles. The lowest BCUT2D eigenvalue weighted by Crippen LogP contribution is -2.37. The average Bonchev–Trinajstić information content (AvgIpc) is 3.32. The second kappa shape index (κ2) is 7.88. The van der Waals surface area contributed by atoms with Gasteiger partial charge < -0.3 is 19.5 Å². The van der Waals surface area contributed by atoms with E-state index in [1.54, 1.807) is 17.0 Å². The Morgan fingerprint density at radius 2 is 1.88 bits per heavy atom. The van der Waals surface area contributed by atoms with Crippen LogP contribution in [-0.2, 0) is 4.79 Å². The van der Waals surface area contributed by atoms with Crippen LogP contribution in [0.3, 0.4) is 0 Å². The number of nitrogens with one attached hydrogen (secondary N) is 1. The van der Waals surface area contributed by atoms with Gasteiger partial charge in [-0.3, -0.25) is 9.59 Å². The maximum atomic E-state index is 12.0. The fraction of sp³-hybridized carbons (Fsp3) is 0.368. The molecule has 0 aliphatic carbocycles. The van der Waals surface area contributed by atoms with Gasteiger partial charge in [0.1, 0.15) is 0 Å². The van der Waals surface area contributed by atoms with Crippen molar-refractivity contribution in [3.63, 3.8) is 0 Å². The normalized spacial score (nSPS) is 13.7. The maximum absolute atomic E-state index is 12.0. The lowest BCUT2D eigenvalue weighted by molar-refractivity contribution is -0.116. The summed E-state index contributed by atoms with van der Waals surface area (Å²) < 4.78 is 5.05. The van der Waals surface area contributed by atoms with Gasteiger partial charge in [0.15, 0.2) is 5.76 Å². The van der Waals surface area contributed by atoms with Crippen LogP contribution < -0.4 is 15.1 Å². The van der Waals surface area contributed by atoms with Crippen molar-refractivity contribution in [1.82, 2.24) is 5.32 Å². The Balaban J connectivity index is 1.58. The molecule has 2 aromatic rings. The van der Waals surface area contributed by atoms with Gasteiger partial charge in [-0.2, -0.15) is 0 Å². The van der Waals surface area contributed by atoms with E-state index in [4.69, 9.17) is 4.42 Å². The smallest absolute Gasteiger partial charge is 0.287 e. The number of furan rings is 1. The number of carbonyl (C=O) groups is 2. The van der Waals surface area contributed by atoms with Gasteiger partial charge in [0.05, 0.1) is 6.26 Å². The molecule has 0 spiro atoms. The van der Waals surface area contributed by atoms with Crippen LogP contribution in [-0.4, -0.2) is 38.0 Å². The van der Waals surface area contributed by atoms with Gasteiger partial charge in [-0.15, -0.1) is 0 Å². The predicted octanol–water partition coefficient (Wildman–Crippen LogP) is 2.66. The highest BCUT2D eigenvalue weighted by atomic mass is 16.3. The molecule has 1 aromatic heterocycles. The molecular formula is C19H23N3O3. The summed E-state index contributed by atoms with van der Waals surface area (Å²) >= 11 is 0. The van der Waals surface area contributed by atoms with Gasteiger partial charge >= 0.3 is 0 Å². The van der Waals surface area contributed by atoms with Gasteiger partial charge in [-0.1, -0.05) is 0 Å². The van der Waals surface area contributed by atoms with Crippen LogP contribution in [0.25, 0.3) is 0 Å². The van der Waals surface area contributed by atoms with E-state index in [9.17, 15) is 9.59 Å². The Morgan fingerprint density at radius 3 is 2.48 bits per heavy atom. The Kier molecular flexibility index (Phi) is 5.38. The molecule has 1 aliphatic rings. The Bertz CT molecular complexity index is 704. The van der Waals surface area contributed by atoms with Crippen molar-refractivity contribution in [1.29, 1.82) is 0 Å². The number of hydrogen-bond acceptors (Lipinski definition) is 4. The van der Waals surface area contributed by atoms with E-state index in [0.29, 0.717) is 13.1 Å². The minimum Gasteiger partial charge on any atom is -0.459 e. The highest BCUT2D eigenvalue weighted by Gasteiger charge is 2.15. The zero-order valence-electron chi connectivity index (χ0n) is 14.4. The van der Waals surface area contributed by atoms with Crippen molar-refractivity contribution < 1.29 is 14.0 Å². The molecule has 0 atom stereocenters. The zero-order valence-corrected chi connectivity index (χ0v) is 14.4.